The number of carbonyl (C=O) groups is 1. The van der Waals surface area contributed by atoms with E-state index in [-0.39, 0.29) is 6.61 Å². The number of nitrogens with zero attached hydrogens (tertiary/aromatic N) is 2. The summed E-state index contributed by atoms with van der Waals surface area (Å²) in [6, 6.07) is 10.4. The summed E-state index contributed by atoms with van der Waals surface area (Å²) in [4.78, 5) is 10.8. The molecule has 11 nitrogen and oxygen atoms in total. The highest BCUT2D eigenvalue weighted by atomic mass is 16.6. The van der Waals surface area contributed by atoms with Crippen LogP contribution in [0.2, 0.25) is 0 Å². The average Bonchev–Trinajstić information content (AvgIpc) is 3.33. The summed E-state index contributed by atoms with van der Waals surface area (Å²) < 4.78 is 47.6. The third kappa shape index (κ3) is 17.7. The number of ether oxygens (including phenoxy) is 8. The standard InChI is InChI=1S/C30H47N2O9/c1-3-30(33)41-26-25-40-24-23-39-22-21-38-20-19-37-18-17-36-16-15-35-14-13-34-12-11-31-9-10-32(28(31)2)27-29-7-5-4-6-8-29/h3-10H,1,11-27H2,2H3/q+1. The van der Waals surface area contributed by atoms with Crippen molar-refractivity contribution in [3.05, 3.63) is 66.8 Å². The van der Waals surface area contributed by atoms with Crippen LogP contribution in [-0.4, -0.2) is 110 Å². The molecule has 1 aromatic heterocycles. The van der Waals surface area contributed by atoms with Crippen molar-refractivity contribution in [3.63, 3.8) is 0 Å². The van der Waals surface area contributed by atoms with E-state index in [4.69, 9.17) is 37.9 Å². The van der Waals surface area contributed by atoms with Crippen molar-refractivity contribution in [2.24, 2.45) is 0 Å². The molecule has 0 spiro atoms. The van der Waals surface area contributed by atoms with E-state index in [9.17, 15) is 4.79 Å². The van der Waals surface area contributed by atoms with Crippen molar-refractivity contribution in [2.75, 3.05) is 99.1 Å². The maximum absolute atomic E-state index is 10.8. The van der Waals surface area contributed by atoms with Gasteiger partial charge in [-0.15, -0.1) is 0 Å². The molecule has 0 unspecified atom stereocenters. The van der Waals surface area contributed by atoms with Crippen molar-refractivity contribution in [2.45, 2.75) is 20.0 Å². The molecule has 0 radical (unpaired) electrons. The fourth-order valence-corrected chi connectivity index (χ4v) is 3.57. The molecule has 1 heterocycles. The Morgan fingerprint density at radius 2 is 1.15 bits per heavy atom. The molecule has 230 valence electrons. The Labute approximate surface area is 243 Å². The number of carbonyl (C=O) groups excluding carboxylic acids is 1. The van der Waals surface area contributed by atoms with Crippen LogP contribution in [0, 0.1) is 6.92 Å². The van der Waals surface area contributed by atoms with Crippen LogP contribution in [0.4, 0.5) is 0 Å². The van der Waals surface area contributed by atoms with E-state index in [1.54, 1.807) is 0 Å². The van der Waals surface area contributed by atoms with Crippen molar-refractivity contribution in [1.29, 1.82) is 0 Å². The van der Waals surface area contributed by atoms with Gasteiger partial charge in [0.25, 0.3) is 5.82 Å². The highest BCUT2D eigenvalue weighted by Gasteiger charge is 2.12. The molecule has 0 atom stereocenters. The van der Waals surface area contributed by atoms with Crippen LogP contribution in [0.15, 0.2) is 55.4 Å². The zero-order valence-electron chi connectivity index (χ0n) is 24.4. The van der Waals surface area contributed by atoms with Crippen molar-refractivity contribution in [1.82, 2.24) is 4.57 Å². The lowest BCUT2D eigenvalue weighted by Gasteiger charge is -2.08. The maximum atomic E-state index is 10.8. The molecule has 2 rings (SSSR count). The highest BCUT2D eigenvalue weighted by Crippen LogP contribution is 2.00. The van der Waals surface area contributed by atoms with Crippen LogP contribution in [0.1, 0.15) is 11.4 Å². The van der Waals surface area contributed by atoms with Crippen LogP contribution in [0.3, 0.4) is 0 Å². The van der Waals surface area contributed by atoms with Crippen molar-refractivity contribution < 1.29 is 47.3 Å². The number of esters is 1. The Bertz CT molecular complexity index is 924. The summed E-state index contributed by atoms with van der Waals surface area (Å²) in [5.41, 5.74) is 1.29. The van der Waals surface area contributed by atoms with E-state index in [1.165, 1.54) is 11.4 Å². The monoisotopic (exact) mass is 579 g/mol. The molecular weight excluding hydrogens is 532 g/mol. The molecule has 0 amide bonds. The average molecular weight is 580 g/mol. The van der Waals surface area contributed by atoms with Crippen molar-refractivity contribution >= 4 is 5.97 Å². The Kier molecular flexibility index (Phi) is 20.2. The number of imidazole rings is 1. The van der Waals surface area contributed by atoms with E-state index in [1.807, 2.05) is 6.07 Å². The molecular formula is C30H47N2O9+. The number of benzene rings is 1. The third-order valence-electron chi connectivity index (χ3n) is 5.80. The SMILES string of the molecule is C=CC(=O)OCCOCCOCCOCCOCCOCCOCCOCCn1cc[n+](Cc2ccccc2)c1C. The summed E-state index contributed by atoms with van der Waals surface area (Å²) in [6.07, 6.45) is 5.33. The predicted octanol–water partition coefficient (Wildman–Crippen LogP) is 1.98. The molecule has 0 N–H and O–H groups in total. The summed E-state index contributed by atoms with van der Waals surface area (Å²) in [6.45, 7) is 14.3. The molecule has 0 bridgehead atoms. The Morgan fingerprint density at radius 1 is 0.707 bits per heavy atom. The minimum atomic E-state index is -0.455. The fraction of sp³-hybridized carbons (Fsp3) is 0.600. The van der Waals surface area contributed by atoms with Gasteiger partial charge in [0.1, 0.15) is 32.1 Å². The quantitative estimate of drug-likeness (QED) is 0.0681. The molecule has 0 fully saturated rings. The van der Waals surface area contributed by atoms with Gasteiger partial charge >= 0.3 is 5.97 Å². The molecule has 0 aliphatic rings. The van der Waals surface area contributed by atoms with Crippen LogP contribution >= 0.6 is 0 Å². The van der Waals surface area contributed by atoms with Gasteiger partial charge in [-0.05, 0) is 5.56 Å². The lowest BCUT2D eigenvalue weighted by molar-refractivity contribution is -0.694. The van der Waals surface area contributed by atoms with E-state index < -0.39 is 5.97 Å². The zero-order chi connectivity index (χ0) is 29.2. The number of hydrogen-bond donors (Lipinski definition) is 0. The first kappa shape index (κ1) is 34.6. The van der Waals surface area contributed by atoms with Crippen LogP contribution < -0.4 is 4.57 Å². The van der Waals surface area contributed by atoms with Gasteiger partial charge in [0, 0.05) is 13.0 Å². The normalized spacial score (nSPS) is 11.1. The van der Waals surface area contributed by atoms with Crippen LogP contribution in [-0.2, 0) is 55.8 Å². The summed E-state index contributed by atoms with van der Waals surface area (Å²) in [5.74, 6) is 0.749. The molecule has 1 aromatic carbocycles. The lowest BCUT2D eigenvalue weighted by atomic mass is 10.2. The minimum Gasteiger partial charge on any atom is -0.460 e. The summed E-state index contributed by atoms with van der Waals surface area (Å²) in [7, 11) is 0. The van der Waals surface area contributed by atoms with Gasteiger partial charge in [-0.1, -0.05) is 36.9 Å². The van der Waals surface area contributed by atoms with Gasteiger partial charge in [-0.2, -0.15) is 0 Å². The Morgan fingerprint density at radius 3 is 1.61 bits per heavy atom. The first-order valence-corrected chi connectivity index (χ1v) is 14.1. The fourth-order valence-electron chi connectivity index (χ4n) is 3.57. The number of rotatable bonds is 27. The first-order chi connectivity index (χ1) is 20.2. The van der Waals surface area contributed by atoms with Crippen molar-refractivity contribution in [3.8, 4) is 0 Å². The van der Waals surface area contributed by atoms with E-state index >= 15 is 0 Å². The van der Waals surface area contributed by atoms with Gasteiger partial charge in [-0.3, -0.25) is 0 Å². The van der Waals surface area contributed by atoms with Crippen LogP contribution in [0.5, 0.6) is 0 Å². The molecule has 0 saturated carbocycles. The molecule has 0 aliphatic carbocycles. The summed E-state index contributed by atoms with van der Waals surface area (Å²) in [5, 5.41) is 0. The van der Waals surface area contributed by atoms with E-state index in [0.29, 0.717) is 92.5 Å². The molecule has 11 heteroatoms. The van der Waals surface area contributed by atoms with Gasteiger partial charge < -0.3 is 37.9 Å². The minimum absolute atomic E-state index is 0.203. The van der Waals surface area contributed by atoms with E-state index in [2.05, 4.69) is 59.3 Å². The highest BCUT2D eigenvalue weighted by molar-refractivity contribution is 5.81. The second-order valence-corrected chi connectivity index (χ2v) is 8.81. The third-order valence-corrected chi connectivity index (χ3v) is 5.80. The Balaban J connectivity index is 1.26. The number of aromatic nitrogens is 2. The second-order valence-electron chi connectivity index (χ2n) is 8.81. The second kappa shape index (κ2) is 24.0. The van der Waals surface area contributed by atoms with Gasteiger partial charge in [-0.25, -0.2) is 13.9 Å². The molecule has 41 heavy (non-hydrogen) atoms. The molecule has 0 aliphatic heterocycles. The van der Waals surface area contributed by atoms with Gasteiger partial charge in [0.05, 0.1) is 92.5 Å². The van der Waals surface area contributed by atoms with Gasteiger partial charge in [0.2, 0.25) is 0 Å². The largest absolute Gasteiger partial charge is 0.460 e. The maximum Gasteiger partial charge on any atom is 0.330 e. The predicted molar refractivity (Wildman–Crippen MR) is 152 cm³/mol. The van der Waals surface area contributed by atoms with Crippen LogP contribution in [0.25, 0.3) is 0 Å². The van der Waals surface area contributed by atoms with Gasteiger partial charge in [0.15, 0.2) is 0 Å². The molecule has 2 aromatic rings. The zero-order valence-corrected chi connectivity index (χ0v) is 24.4. The lowest BCUT2D eigenvalue weighted by Crippen LogP contribution is -2.36. The van der Waals surface area contributed by atoms with E-state index in [0.717, 1.165) is 19.2 Å². The smallest absolute Gasteiger partial charge is 0.330 e. The topological polar surface area (TPSA) is 99.7 Å². The molecule has 0 saturated heterocycles. The Hall–Kier alpha value is -2.64. The summed E-state index contributed by atoms with van der Waals surface area (Å²) >= 11 is 0. The number of hydrogen-bond acceptors (Lipinski definition) is 9. The first-order valence-electron chi connectivity index (χ1n) is 14.1.